The lowest BCUT2D eigenvalue weighted by molar-refractivity contribution is -0.255. The molecule has 0 spiro atoms. The number of rotatable bonds is 17. The highest BCUT2D eigenvalue weighted by molar-refractivity contribution is 6.03. The molecule has 5 rings (SSSR count). The summed E-state index contributed by atoms with van der Waals surface area (Å²) in [7, 11) is 1.87. The SMILES string of the molecule is C=CCO[C@@]12Oc3ccc(O)cc3[C@H]3[C@H](CCCCO)[C@@H](CCCCO)C=C(C(=NOCC)C[C@@H]1N(C)C(=O)CCC1CCCC1)[C@H]32. The van der Waals surface area contributed by atoms with E-state index in [1.807, 2.05) is 31.0 Å². The molecular formula is C38H56N2O7. The molecule has 1 amide bonds. The van der Waals surface area contributed by atoms with Gasteiger partial charge in [-0.3, -0.25) is 4.79 Å². The maximum absolute atomic E-state index is 14.0. The van der Waals surface area contributed by atoms with Crippen molar-refractivity contribution in [3.63, 3.8) is 0 Å². The van der Waals surface area contributed by atoms with Crippen molar-refractivity contribution < 1.29 is 34.4 Å². The molecule has 2 saturated carbocycles. The monoisotopic (exact) mass is 652 g/mol. The highest BCUT2D eigenvalue weighted by Crippen LogP contribution is 2.61. The number of phenols is 1. The van der Waals surface area contributed by atoms with Crippen molar-refractivity contribution in [3.8, 4) is 11.5 Å². The molecule has 1 heterocycles. The van der Waals surface area contributed by atoms with Crippen LogP contribution < -0.4 is 4.74 Å². The quantitative estimate of drug-likeness (QED) is 0.100. The Hall–Kier alpha value is -2.88. The Morgan fingerprint density at radius 2 is 1.87 bits per heavy atom. The highest BCUT2D eigenvalue weighted by atomic mass is 16.7. The van der Waals surface area contributed by atoms with Gasteiger partial charge in [0.2, 0.25) is 11.7 Å². The first kappa shape index (κ1) is 35.4. The molecular weight excluding hydrogens is 596 g/mol. The van der Waals surface area contributed by atoms with Crippen LogP contribution in [0.25, 0.3) is 0 Å². The Labute approximate surface area is 280 Å². The number of phenolic OH excluding ortho intramolecular Hbond substituents is 1. The van der Waals surface area contributed by atoms with Crippen molar-refractivity contribution in [2.75, 3.05) is 33.5 Å². The summed E-state index contributed by atoms with van der Waals surface area (Å²) in [5.74, 6) is 0.102. The molecule has 0 unspecified atom stereocenters. The van der Waals surface area contributed by atoms with Crippen LogP contribution in [0.1, 0.15) is 102 Å². The van der Waals surface area contributed by atoms with Gasteiger partial charge in [-0.15, -0.1) is 6.58 Å². The van der Waals surface area contributed by atoms with Crippen LogP contribution in [0.2, 0.25) is 0 Å². The van der Waals surface area contributed by atoms with Crippen LogP contribution in [-0.2, 0) is 14.4 Å². The van der Waals surface area contributed by atoms with Crippen molar-refractivity contribution in [1.29, 1.82) is 0 Å². The molecule has 9 nitrogen and oxygen atoms in total. The first-order chi connectivity index (χ1) is 22.9. The lowest BCUT2D eigenvalue weighted by atomic mass is 9.55. The zero-order valence-electron chi connectivity index (χ0n) is 28.4. The van der Waals surface area contributed by atoms with Crippen molar-refractivity contribution in [1.82, 2.24) is 4.90 Å². The Morgan fingerprint density at radius 3 is 2.57 bits per heavy atom. The van der Waals surface area contributed by atoms with E-state index in [9.17, 15) is 20.1 Å². The van der Waals surface area contributed by atoms with Gasteiger partial charge in [-0.25, -0.2) is 0 Å². The molecule has 4 aliphatic rings. The second-order valence-electron chi connectivity index (χ2n) is 13.9. The Bertz CT molecular complexity index is 1270. The Morgan fingerprint density at radius 1 is 1.13 bits per heavy atom. The van der Waals surface area contributed by atoms with Gasteiger partial charge in [0, 0.05) is 44.6 Å². The molecule has 3 N–H and O–H groups in total. The molecule has 0 aromatic heterocycles. The minimum absolute atomic E-state index is 0.0699. The van der Waals surface area contributed by atoms with E-state index < -0.39 is 11.8 Å². The van der Waals surface area contributed by atoms with Crippen molar-refractivity contribution in [2.24, 2.45) is 28.8 Å². The summed E-state index contributed by atoms with van der Waals surface area (Å²) in [4.78, 5) is 21.6. The first-order valence-corrected chi connectivity index (χ1v) is 18.0. The summed E-state index contributed by atoms with van der Waals surface area (Å²) in [5, 5.41) is 34.8. The van der Waals surface area contributed by atoms with Gasteiger partial charge >= 0.3 is 0 Å². The summed E-state index contributed by atoms with van der Waals surface area (Å²) in [6.45, 7) is 6.80. The molecule has 47 heavy (non-hydrogen) atoms. The number of fused-ring (bicyclic) bond motifs is 2. The number of benzene rings is 1. The minimum atomic E-state index is -1.23. The molecule has 0 radical (unpaired) electrons. The predicted molar refractivity (Wildman–Crippen MR) is 182 cm³/mol. The second kappa shape index (κ2) is 16.5. The number of ether oxygens (including phenoxy) is 2. The maximum atomic E-state index is 14.0. The summed E-state index contributed by atoms with van der Waals surface area (Å²) < 4.78 is 13.9. The van der Waals surface area contributed by atoms with Crippen LogP contribution in [0.3, 0.4) is 0 Å². The van der Waals surface area contributed by atoms with E-state index in [1.165, 1.54) is 25.7 Å². The van der Waals surface area contributed by atoms with E-state index in [0.717, 1.165) is 55.4 Å². The lowest BCUT2D eigenvalue weighted by Crippen LogP contribution is -2.69. The fourth-order valence-electron chi connectivity index (χ4n) is 8.86. The maximum Gasteiger partial charge on any atom is 0.239 e. The van der Waals surface area contributed by atoms with E-state index in [4.69, 9.17) is 14.3 Å². The first-order valence-electron chi connectivity index (χ1n) is 18.0. The van der Waals surface area contributed by atoms with E-state index in [2.05, 4.69) is 17.8 Å². The molecule has 0 saturated heterocycles. The molecule has 1 aromatic rings. The van der Waals surface area contributed by atoms with Gasteiger partial charge in [-0.05, 0) is 80.6 Å². The van der Waals surface area contributed by atoms with Gasteiger partial charge in [0.05, 0.1) is 18.2 Å². The number of nitrogens with zero attached hydrogens (tertiary/aromatic N) is 2. The topological polar surface area (TPSA) is 121 Å². The number of likely N-dealkylation sites (N-methyl/N-ethyl adjacent to an activating group) is 1. The number of allylic oxidation sites excluding steroid dienone is 1. The number of aliphatic hydroxyl groups is 2. The van der Waals surface area contributed by atoms with Crippen molar-refractivity contribution in [2.45, 2.75) is 108 Å². The zero-order chi connectivity index (χ0) is 33.4. The molecule has 1 aliphatic heterocycles. The van der Waals surface area contributed by atoms with Gasteiger partial charge in [0.15, 0.2) is 0 Å². The van der Waals surface area contributed by atoms with Crippen LogP contribution in [0, 0.1) is 23.7 Å². The van der Waals surface area contributed by atoms with Crippen LogP contribution >= 0.6 is 0 Å². The third-order valence-corrected chi connectivity index (χ3v) is 11.1. The molecule has 6 atom stereocenters. The van der Waals surface area contributed by atoms with Crippen molar-refractivity contribution >= 4 is 11.6 Å². The van der Waals surface area contributed by atoms with Crippen molar-refractivity contribution in [3.05, 3.63) is 48.1 Å². The van der Waals surface area contributed by atoms with Crippen LogP contribution in [0.5, 0.6) is 11.5 Å². The number of unbranched alkanes of at least 4 members (excludes halogenated alkanes) is 2. The molecule has 0 bridgehead atoms. The standard InChI is InChI=1S/C38H56N2O7/c1-4-22-45-38-34(40(3)35(44)19-16-26-12-6-7-13-26)25-32(39-46-5-2)30-23-27(14-8-10-20-41)29(15-9-11-21-42)36(37(30)38)31-24-28(43)17-18-33(31)47-38/h4,17-18,23-24,26-27,29,34,36-37,41-43H,1,5-16,19-22,25H2,2-3H3/t27-,29+,34-,36+,37+,38+/m0/s1. The summed E-state index contributed by atoms with van der Waals surface area (Å²) in [5.41, 5.74) is 2.73. The number of hydrogen-bond donors (Lipinski definition) is 3. The third kappa shape index (κ3) is 7.57. The average Bonchev–Trinajstić information content (AvgIpc) is 3.60. The van der Waals surface area contributed by atoms with Gasteiger partial charge in [-0.1, -0.05) is 55.8 Å². The van der Waals surface area contributed by atoms with E-state index in [0.29, 0.717) is 37.5 Å². The number of oxime groups is 1. The van der Waals surface area contributed by atoms with Crippen LogP contribution in [-0.4, -0.2) is 77.1 Å². The van der Waals surface area contributed by atoms with E-state index in [1.54, 1.807) is 12.1 Å². The van der Waals surface area contributed by atoms with Gasteiger partial charge in [0.1, 0.15) is 24.1 Å². The summed E-state index contributed by atoms with van der Waals surface area (Å²) in [6, 6.07) is 4.80. The van der Waals surface area contributed by atoms with Gasteiger partial charge in [-0.2, -0.15) is 0 Å². The van der Waals surface area contributed by atoms with Crippen LogP contribution in [0.15, 0.2) is 47.7 Å². The van der Waals surface area contributed by atoms with Gasteiger partial charge in [0.25, 0.3) is 0 Å². The third-order valence-electron chi connectivity index (χ3n) is 11.1. The Balaban J connectivity index is 1.66. The number of hydrogen-bond acceptors (Lipinski definition) is 8. The predicted octanol–water partition coefficient (Wildman–Crippen LogP) is 6.47. The zero-order valence-corrected chi connectivity index (χ0v) is 28.4. The fraction of sp³-hybridized carbons (Fsp3) is 0.684. The minimum Gasteiger partial charge on any atom is -0.508 e. The lowest BCUT2D eigenvalue weighted by Gasteiger charge is -2.59. The van der Waals surface area contributed by atoms with Crippen LogP contribution in [0.4, 0.5) is 0 Å². The van der Waals surface area contributed by atoms with E-state index >= 15 is 0 Å². The van der Waals surface area contributed by atoms with E-state index in [-0.39, 0.29) is 55.1 Å². The molecule has 260 valence electrons. The average molecular weight is 653 g/mol. The number of aliphatic hydroxyl groups excluding tert-OH is 2. The molecule has 9 heteroatoms. The smallest absolute Gasteiger partial charge is 0.239 e. The second-order valence-corrected chi connectivity index (χ2v) is 13.9. The fourth-order valence-corrected chi connectivity index (χ4v) is 8.86. The number of amides is 1. The largest absolute Gasteiger partial charge is 0.508 e. The van der Waals surface area contributed by atoms with Gasteiger partial charge < -0.3 is 34.5 Å². The Kier molecular flexibility index (Phi) is 12.4. The molecule has 2 fully saturated rings. The number of carbonyl (C=O) groups is 1. The summed E-state index contributed by atoms with van der Waals surface area (Å²) >= 11 is 0. The summed E-state index contributed by atoms with van der Waals surface area (Å²) in [6.07, 6.45) is 15.6. The molecule has 1 aromatic carbocycles. The highest BCUT2D eigenvalue weighted by Gasteiger charge is 2.65. The number of carbonyl (C=O) groups excluding carboxylic acids is 1. The normalized spacial score (nSPS) is 29.1. The number of aromatic hydroxyl groups is 1. The molecule has 3 aliphatic carbocycles.